The fourth-order valence-electron chi connectivity index (χ4n) is 4.59. The van der Waals surface area contributed by atoms with E-state index in [4.69, 9.17) is 18.9 Å². The zero-order valence-corrected chi connectivity index (χ0v) is 19.0. The van der Waals surface area contributed by atoms with Gasteiger partial charge in [0.1, 0.15) is 12.1 Å². The number of carbonyl (C=O) groups excluding carboxylic acids is 2. The largest absolute Gasteiger partial charge is 0.493 e. The molecule has 1 aromatic carbocycles. The Hall–Kier alpha value is -2.44. The van der Waals surface area contributed by atoms with Crippen LogP contribution in [-0.2, 0) is 20.7 Å². The summed E-state index contributed by atoms with van der Waals surface area (Å²) in [6.07, 6.45) is 9.11. The number of ether oxygens (including phenoxy) is 4. The van der Waals surface area contributed by atoms with Crippen molar-refractivity contribution in [2.45, 2.75) is 76.4 Å². The van der Waals surface area contributed by atoms with Gasteiger partial charge >= 0.3 is 5.97 Å². The van der Waals surface area contributed by atoms with Gasteiger partial charge in [0.2, 0.25) is 11.7 Å². The standard InChI is InChI=1S/C24H35NO6/c1-28-20-14-17(15-21(29-2)23(20)30-3)16-22(26)25-13-9-8-12-19(25)24(27)31-18-10-6-4-5-7-11-18/h14-15,18-19H,4-13,16H2,1-3H3. The van der Waals surface area contributed by atoms with Gasteiger partial charge in [-0.25, -0.2) is 4.79 Å². The van der Waals surface area contributed by atoms with E-state index in [1.807, 2.05) is 0 Å². The third kappa shape index (κ3) is 5.83. The van der Waals surface area contributed by atoms with Gasteiger partial charge in [0.05, 0.1) is 27.8 Å². The van der Waals surface area contributed by atoms with Crippen LogP contribution < -0.4 is 14.2 Å². The molecule has 0 bridgehead atoms. The maximum Gasteiger partial charge on any atom is 0.329 e. The van der Waals surface area contributed by atoms with Crippen LogP contribution in [0.3, 0.4) is 0 Å². The predicted octanol–water partition coefficient (Wildman–Crippen LogP) is 3.90. The minimum Gasteiger partial charge on any atom is -0.493 e. The van der Waals surface area contributed by atoms with Crippen LogP contribution in [0, 0.1) is 0 Å². The summed E-state index contributed by atoms with van der Waals surface area (Å²) in [4.78, 5) is 27.8. The van der Waals surface area contributed by atoms with Crippen molar-refractivity contribution >= 4 is 11.9 Å². The lowest BCUT2D eigenvalue weighted by Gasteiger charge is -2.35. The number of carbonyl (C=O) groups is 2. The third-order valence-electron chi connectivity index (χ3n) is 6.26. The summed E-state index contributed by atoms with van der Waals surface area (Å²) in [5, 5.41) is 0. The highest BCUT2D eigenvalue weighted by atomic mass is 16.5. The normalized spacial score (nSPS) is 20.0. The Labute approximate surface area is 185 Å². The molecule has 1 saturated heterocycles. The number of esters is 1. The number of amides is 1. The highest BCUT2D eigenvalue weighted by Crippen LogP contribution is 2.38. The van der Waals surface area contributed by atoms with Crippen molar-refractivity contribution in [3.8, 4) is 17.2 Å². The molecule has 0 spiro atoms. The summed E-state index contributed by atoms with van der Waals surface area (Å²) in [7, 11) is 4.64. The van der Waals surface area contributed by atoms with E-state index in [-0.39, 0.29) is 24.4 Å². The summed E-state index contributed by atoms with van der Waals surface area (Å²) < 4.78 is 22.0. The molecule has 7 nitrogen and oxygen atoms in total. The first-order chi connectivity index (χ1) is 15.1. The highest BCUT2D eigenvalue weighted by Gasteiger charge is 2.34. The molecule has 1 amide bonds. The first-order valence-corrected chi connectivity index (χ1v) is 11.4. The molecule has 1 aliphatic carbocycles. The smallest absolute Gasteiger partial charge is 0.329 e. The van der Waals surface area contributed by atoms with Crippen molar-refractivity contribution in [2.75, 3.05) is 27.9 Å². The summed E-state index contributed by atoms with van der Waals surface area (Å²) in [6.45, 7) is 0.577. The number of methoxy groups -OCH3 is 3. The van der Waals surface area contributed by atoms with Crippen LogP contribution in [0.15, 0.2) is 12.1 Å². The van der Waals surface area contributed by atoms with Crippen molar-refractivity contribution < 1.29 is 28.5 Å². The molecule has 31 heavy (non-hydrogen) atoms. The van der Waals surface area contributed by atoms with E-state index in [1.165, 1.54) is 12.8 Å². The first-order valence-electron chi connectivity index (χ1n) is 11.4. The van der Waals surface area contributed by atoms with Crippen molar-refractivity contribution in [3.05, 3.63) is 17.7 Å². The lowest BCUT2D eigenvalue weighted by Crippen LogP contribution is -2.49. The summed E-state index contributed by atoms with van der Waals surface area (Å²) in [6, 6.07) is 3.07. The van der Waals surface area contributed by atoms with Crippen LogP contribution in [0.25, 0.3) is 0 Å². The Kier molecular flexibility index (Phi) is 8.43. The van der Waals surface area contributed by atoms with E-state index in [9.17, 15) is 9.59 Å². The maximum atomic E-state index is 13.2. The zero-order valence-electron chi connectivity index (χ0n) is 19.0. The lowest BCUT2D eigenvalue weighted by molar-refractivity contribution is -0.161. The highest BCUT2D eigenvalue weighted by molar-refractivity contribution is 5.86. The van der Waals surface area contributed by atoms with E-state index >= 15 is 0 Å². The van der Waals surface area contributed by atoms with Gasteiger partial charge in [-0.3, -0.25) is 4.79 Å². The van der Waals surface area contributed by atoms with Crippen LogP contribution in [0.5, 0.6) is 17.2 Å². The van der Waals surface area contributed by atoms with E-state index in [1.54, 1.807) is 38.4 Å². The Morgan fingerprint density at radius 2 is 1.48 bits per heavy atom. The average molecular weight is 434 g/mol. The fourth-order valence-corrected chi connectivity index (χ4v) is 4.59. The SMILES string of the molecule is COc1cc(CC(=O)N2CCCCC2C(=O)OC2CCCCCC2)cc(OC)c1OC. The van der Waals surface area contributed by atoms with E-state index in [0.29, 0.717) is 30.2 Å². The third-order valence-corrected chi connectivity index (χ3v) is 6.26. The second kappa shape index (κ2) is 11.3. The molecule has 0 radical (unpaired) electrons. The number of likely N-dealkylation sites (tertiary alicyclic amines) is 1. The molecule has 1 heterocycles. The molecule has 3 rings (SSSR count). The summed E-state index contributed by atoms with van der Waals surface area (Å²) >= 11 is 0. The average Bonchev–Trinajstić information content (AvgIpc) is 3.06. The zero-order chi connectivity index (χ0) is 22.2. The van der Waals surface area contributed by atoms with Gasteiger partial charge in [-0.2, -0.15) is 0 Å². The van der Waals surface area contributed by atoms with Crippen molar-refractivity contribution in [1.82, 2.24) is 4.90 Å². The first kappa shape index (κ1) is 23.2. The lowest BCUT2D eigenvalue weighted by atomic mass is 10.00. The Bertz CT molecular complexity index is 731. The molecule has 0 N–H and O–H groups in total. The monoisotopic (exact) mass is 433 g/mol. The molecular weight excluding hydrogens is 398 g/mol. The predicted molar refractivity (Wildman–Crippen MR) is 117 cm³/mol. The van der Waals surface area contributed by atoms with Gasteiger partial charge in [0.15, 0.2) is 11.5 Å². The number of rotatable bonds is 7. The van der Waals surface area contributed by atoms with E-state index < -0.39 is 6.04 Å². The topological polar surface area (TPSA) is 74.3 Å². The van der Waals surface area contributed by atoms with Crippen LogP contribution in [0.4, 0.5) is 0 Å². The fraction of sp³-hybridized carbons (Fsp3) is 0.667. The van der Waals surface area contributed by atoms with Crippen LogP contribution in [-0.4, -0.2) is 56.8 Å². The van der Waals surface area contributed by atoms with Crippen LogP contribution in [0.1, 0.15) is 63.4 Å². The number of benzene rings is 1. The second-order valence-corrected chi connectivity index (χ2v) is 8.36. The van der Waals surface area contributed by atoms with Gasteiger partial charge < -0.3 is 23.8 Å². The number of hydrogen-bond acceptors (Lipinski definition) is 6. The van der Waals surface area contributed by atoms with Crippen molar-refractivity contribution in [3.63, 3.8) is 0 Å². The second-order valence-electron chi connectivity index (χ2n) is 8.36. The van der Waals surface area contributed by atoms with Gasteiger partial charge in [0.25, 0.3) is 0 Å². The quantitative estimate of drug-likeness (QED) is 0.480. The van der Waals surface area contributed by atoms with Crippen molar-refractivity contribution in [2.24, 2.45) is 0 Å². The molecule has 1 aliphatic heterocycles. The summed E-state index contributed by atoms with van der Waals surface area (Å²) in [5.74, 6) is 1.17. The number of nitrogens with zero attached hydrogens (tertiary/aromatic N) is 1. The molecule has 1 saturated carbocycles. The Morgan fingerprint density at radius 3 is 2.06 bits per heavy atom. The van der Waals surface area contributed by atoms with Crippen LogP contribution >= 0.6 is 0 Å². The molecule has 1 atom stereocenters. The van der Waals surface area contributed by atoms with Gasteiger partial charge in [0, 0.05) is 6.54 Å². The molecule has 2 fully saturated rings. The Balaban J connectivity index is 1.71. The molecular formula is C24H35NO6. The number of piperidine rings is 1. The summed E-state index contributed by atoms with van der Waals surface area (Å²) in [5.41, 5.74) is 0.751. The molecule has 7 heteroatoms. The van der Waals surface area contributed by atoms with Crippen molar-refractivity contribution in [1.29, 1.82) is 0 Å². The molecule has 1 aromatic rings. The minimum absolute atomic E-state index is 0.0102. The molecule has 0 aromatic heterocycles. The maximum absolute atomic E-state index is 13.2. The van der Waals surface area contributed by atoms with E-state index in [0.717, 1.165) is 44.1 Å². The Morgan fingerprint density at radius 1 is 0.871 bits per heavy atom. The minimum atomic E-state index is -0.494. The van der Waals surface area contributed by atoms with Gasteiger partial charge in [-0.1, -0.05) is 12.8 Å². The van der Waals surface area contributed by atoms with Gasteiger partial charge in [-0.05, 0) is 62.6 Å². The van der Waals surface area contributed by atoms with E-state index in [2.05, 4.69) is 0 Å². The number of hydrogen-bond donors (Lipinski definition) is 0. The molecule has 2 aliphatic rings. The van der Waals surface area contributed by atoms with Crippen LogP contribution in [0.2, 0.25) is 0 Å². The molecule has 172 valence electrons. The van der Waals surface area contributed by atoms with Gasteiger partial charge in [-0.15, -0.1) is 0 Å². The molecule has 1 unspecified atom stereocenters.